The van der Waals surface area contributed by atoms with Crippen LogP contribution in [0, 0.1) is 0 Å². The summed E-state index contributed by atoms with van der Waals surface area (Å²) in [6.45, 7) is 2.09. The Bertz CT molecular complexity index is 824. The molecule has 134 valence electrons. The van der Waals surface area contributed by atoms with E-state index in [4.69, 9.17) is 4.74 Å². The lowest BCUT2D eigenvalue weighted by Gasteiger charge is -2.11. The number of rotatable bonds is 5. The third-order valence-corrected chi connectivity index (χ3v) is 4.16. The Balaban J connectivity index is 1.62. The van der Waals surface area contributed by atoms with Gasteiger partial charge in [-0.05, 0) is 56.2 Å². The highest BCUT2D eigenvalue weighted by molar-refractivity contribution is 6.05. The molecule has 0 aromatic heterocycles. The molecule has 0 saturated carbocycles. The average Bonchev–Trinajstić information content (AvgIpc) is 3.17. The molecule has 0 bridgehead atoms. The van der Waals surface area contributed by atoms with Crippen LogP contribution in [0.2, 0.25) is 0 Å². The van der Waals surface area contributed by atoms with Crippen LogP contribution in [0.5, 0.6) is 0 Å². The topological polar surface area (TPSA) is 84.5 Å². The van der Waals surface area contributed by atoms with Crippen LogP contribution in [0.25, 0.3) is 0 Å². The van der Waals surface area contributed by atoms with Crippen molar-refractivity contribution in [3.63, 3.8) is 0 Å². The molecular weight excluding hydrogens is 332 g/mol. The fraction of sp³-hybridized carbons (Fsp3) is 0.250. The number of amides is 2. The molecular formula is C20H20N2O4. The minimum atomic E-state index is -0.397. The number of nitrogens with one attached hydrogen (secondary N) is 2. The van der Waals surface area contributed by atoms with Crippen LogP contribution in [0.15, 0.2) is 48.5 Å². The van der Waals surface area contributed by atoms with E-state index in [2.05, 4.69) is 10.6 Å². The fourth-order valence-electron chi connectivity index (χ4n) is 2.73. The summed E-state index contributed by atoms with van der Waals surface area (Å²) in [6.07, 6.45) is 1.22. The Labute approximate surface area is 151 Å². The molecule has 6 nitrogen and oxygen atoms in total. The van der Waals surface area contributed by atoms with Gasteiger partial charge in [0.05, 0.1) is 0 Å². The second-order valence-corrected chi connectivity index (χ2v) is 6.16. The first-order valence-corrected chi connectivity index (χ1v) is 8.48. The van der Waals surface area contributed by atoms with Gasteiger partial charge in [-0.2, -0.15) is 0 Å². The van der Waals surface area contributed by atoms with Gasteiger partial charge in [0.25, 0.3) is 11.8 Å². The molecule has 2 aromatic rings. The smallest absolute Gasteiger partial charge is 0.255 e. The number of benzene rings is 2. The van der Waals surface area contributed by atoms with E-state index in [1.54, 1.807) is 48.5 Å². The second-order valence-electron chi connectivity index (χ2n) is 6.16. The lowest BCUT2D eigenvalue weighted by molar-refractivity contribution is -0.124. The van der Waals surface area contributed by atoms with Gasteiger partial charge in [-0.25, -0.2) is 0 Å². The molecule has 2 amide bonds. The van der Waals surface area contributed by atoms with Gasteiger partial charge in [0.2, 0.25) is 0 Å². The zero-order valence-electron chi connectivity index (χ0n) is 14.5. The van der Waals surface area contributed by atoms with Gasteiger partial charge in [-0.1, -0.05) is 12.1 Å². The number of carbonyl (C=O) groups is 3. The Hall–Kier alpha value is -2.99. The molecule has 0 spiro atoms. The van der Waals surface area contributed by atoms with Crippen LogP contribution < -0.4 is 10.6 Å². The maximum absolute atomic E-state index is 12.3. The van der Waals surface area contributed by atoms with Crippen LogP contribution in [-0.2, 0) is 9.53 Å². The van der Waals surface area contributed by atoms with Crippen LogP contribution in [0.3, 0.4) is 0 Å². The van der Waals surface area contributed by atoms with E-state index in [0.717, 1.165) is 12.8 Å². The predicted octanol–water partition coefficient (Wildman–Crippen LogP) is 3.26. The maximum Gasteiger partial charge on any atom is 0.255 e. The molecule has 1 aliphatic rings. The highest BCUT2D eigenvalue weighted by Gasteiger charge is 2.23. The van der Waals surface area contributed by atoms with E-state index < -0.39 is 6.10 Å². The van der Waals surface area contributed by atoms with Crippen molar-refractivity contribution in [1.82, 2.24) is 0 Å². The minimum Gasteiger partial charge on any atom is -0.368 e. The van der Waals surface area contributed by atoms with Crippen molar-refractivity contribution in [3.8, 4) is 0 Å². The van der Waals surface area contributed by atoms with E-state index in [1.807, 2.05) is 0 Å². The summed E-state index contributed by atoms with van der Waals surface area (Å²) in [6, 6.07) is 13.4. The van der Waals surface area contributed by atoms with Crippen molar-refractivity contribution in [2.75, 3.05) is 17.2 Å². The Morgan fingerprint density at radius 1 is 0.962 bits per heavy atom. The van der Waals surface area contributed by atoms with Crippen LogP contribution in [0.4, 0.5) is 11.4 Å². The molecule has 0 radical (unpaired) electrons. The summed E-state index contributed by atoms with van der Waals surface area (Å²) in [7, 11) is 0. The van der Waals surface area contributed by atoms with Gasteiger partial charge in [0.15, 0.2) is 5.78 Å². The molecule has 0 aliphatic carbocycles. The molecule has 2 aromatic carbocycles. The zero-order valence-corrected chi connectivity index (χ0v) is 14.5. The molecule has 1 atom stereocenters. The molecule has 1 saturated heterocycles. The zero-order chi connectivity index (χ0) is 18.5. The number of ether oxygens (including phenoxy) is 1. The van der Waals surface area contributed by atoms with Crippen molar-refractivity contribution >= 4 is 29.0 Å². The molecule has 26 heavy (non-hydrogen) atoms. The molecule has 0 unspecified atom stereocenters. The van der Waals surface area contributed by atoms with E-state index in [1.165, 1.54) is 6.92 Å². The van der Waals surface area contributed by atoms with Crippen molar-refractivity contribution in [2.24, 2.45) is 0 Å². The van der Waals surface area contributed by atoms with Crippen LogP contribution >= 0.6 is 0 Å². The predicted molar refractivity (Wildman–Crippen MR) is 98.4 cm³/mol. The van der Waals surface area contributed by atoms with Crippen molar-refractivity contribution < 1.29 is 19.1 Å². The van der Waals surface area contributed by atoms with Gasteiger partial charge >= 0.3 is 0 Å². The van der Waals surface area contributed by atoms with Crippen molar-refractivity contribution in [3.05, 3.63) is 59.7 Å². The maximum atomic E-state index is 12.3. The van der Waals surface area contributed by atoms with Gasteiger partial charge in [-0.15, -0.1) is 0 Å². The van der Waals surface area contributed by atoms with Gasteiger partial charge < -0.3 is 15.4 Å². The summed E-state index contributed by atoms with van der Waals surface area (Å²) in [5, 5.41) is 5.55. The summed E-state index contributed by atoms with van der Waals surface area (Å²) < 4.78 is 5.34. The Morgan fingerprint density at radius 2 is 1.73 bits per heavy atom. The van der Waals surface area contributed by atoms with E-state index in [0.29, 0.717) is 29.1 Å². The number of Topliss-reactive ketones (excluding diaryl/α,β-unsaturated/α-hetero) is 1. The number of carbonyl (C=O) groups excluding carboxylic acids is 3. The minimum absolute atomic E-state index is 0.0626. The first kappa shape index (κ1) is 17.8. The fourth-order valence-corrected chi connectivity index (χ4v) is 2.73. The van der Waals surface area contributed by atoms with Crippen LogP contribution in [0.1, 0.15) is 40.5 Å². The summed E-state index contributed by atoms with van der Waals surface area (Å²) >= 11 is 0. The number of ketones is 1. The van der Waals surface area contributed by atoms with Gasteiger partial charge in [-0.3, -0.25) is 14.4 Å². The first-order valence-electron chi connectivity index (χ1n) is 8.48. The molecule has 1 heterocycles. The highest BCUT2D eigenvalue weighted by Crippen LogP contribution is 2.17. The number of hydrogen-bond donors (Lipinski definition) is 2. The van der Waals surface area contributed by atoms with Gasteiger partial charge in [0.1, 0.15) is 6.10 Å². The third-order valence-electron chi connectivity index (χ3n) is 4.16. The van der Waals surface area contributed by atoms with E-state index in [-0.39, 0.29) is 17.6 Å². The molecule has 6 heteroatoms. The monoisotopic (exact) mass is 352 g/mol. The number of hydrogen-bond acceptors (Lipinski definition) is 4. The molecule has 1 aliphatic heterocycles. The van der Waals surface area contributed by atoms with Crippen molar-refractivity contribution in [1.29, 1.82) is 0 Å². The third kappa shape index (κ3) is 4.34. The highest BCUT2D eigenvalue weighted by atomic mass is 16.5. The van der Waals surface area contributed by atoms with Crippen LogP contribution in [-0.4, -0.2) is 30.3 Å². The molecule has 3 rings (SSSR count). The largest absolute Gasteiger partial charge is 0.368 e. The average molecular weight is 352 g/mol. The normalized spacial score (nSPS) is 16.1. The Morgan fingerprint density at radius 3 is 2.38 bits per heavy atom. The second kappa shape index (κ2) is 7.93. The quantitative estimate of drug-likeness (QED) is 0.809. The number of anilines is 2. The summed E-state index contributed by atoms with van der Waals surface area (Å²) in [4.78, 5) is 35.8. The van der Waals surface area contributed by atoms with E-state index in [9.17, 15) is 14.4 Å². The Kier molecular flexibility index (Phi) is 5.43. The molecule has 1 fully saturated rings. The SMILES string of the molecule is CC(=O)c1cccc(NC(=O)c2ccc(NC(=O)[C@@H]3CCCO3)cc2)c1. The summed E-state index contributed by atoms with van der Waals surface area (Å²) in [5.41, 5.74) is 2.16. The van der Waals surface area contributed by atoms with E-state index >= 15 is 0 Å². The standard InChI is InChI=1S/C20H20N2O4/c1-13(23)15-4-2-5-17(12-15)22-19(24)14-7-9-16(10-8-14)21-20(25)18-6-3-11-26-18/h2,4-5,7-10,12,18H,3,6,11H2,1H3,(H,21,25)(H,22,24)/t18-/m0/s1. The summed E-state index contributed by atoms with van der Waals surface area (Å²) in [5.74, 6) is -0.518. The molecule has 2 N–H and O–H groups in total. The van der Waals surface area contributed by atoms with Crippen molar-refractivity contribution in [2.45, 2.75) is 25.9 Å². The lowest BCUT2D eigenvalue weighted by Crippen LogP contribution is -2.26. The first-order chi connectivity index (χ1) is 12.5. The van der Waals surface area contributed by atoms with Gasteiger partial charge in [0, 0.05) is 29.1 Å². The lowest BCUT2D eigenvalue weighted by atomic mass is 10.1.